The number of alkyl halides is 1. The molecule has 0 aromatic heterocycles. The molecule has 1 aromatic carbocycles. The van der Waals surface area contributed by atoms with Gasteiger partial charge < -0.3 is 0 Å². The standard InChI is InChI=1S/C12H18ClNO3S2/c1-10(9-18(2)15)14-19(16,17)12-5-3-11(4-6-12)7-8-13/h3-6,10,14H,7-9H2,1-2H3. The third kappa shape index (κ3) is 5.60. The smallest absolute Gasteiger partial charge is 0.240 e. The van der Waals surface area contributed by atoms with Crippen LogP contribution < -0.4 is 4.72 Å². The van der Waals surface area contributed by atoms with Crippen LogP contribution in [0.1, 0.15) is 12.5 Å². The molecule has 0 bridgehead atoms. The van der Waals surface area contributed by atoms with Crippen molar-refractivity contribution in [3.8, 4) is 0 Å². The van der Waals surface area contributed by atoms with Crippen LogP contribution in [-0.2, 0) is 27.2 Å². The second-order valence-electron chi connectivity index (χ2n) is 4.35. The molecule has 19 heavy (non-hydrogen) atoms. The molecule has 0 saturated heterocycles. The Hall–Kier alpha value is -0.430. The van der Waals surface area contributed by atoms with Crippen molar-refractivity contribution in [3.05, 3.63) is 29.8 Å². The minimum Gasteiger partial charge on any atom is -0.260 e. The molecule has 0 aliphatic heterocycles. The number of hydrogen-bond acceptors (Lipinski definition) is 3. The van der Waals surface area contributed by atoms with Crippen LogP contribution in [0.25, 0.3) is 0 Å². The topological polar surface area (TPSA) is 63.2 Å². The van der Waals surface area contributed by atoms with Crippen molar-refractivity contribution in [3.63, 3.8) is 0 Å². The fourth-order valence-corrected chi connectivity index (χ4v) is 4.02. The molecule has 0 radical (unpaired) electrons. The summed E-state index contributed by atoms with van der Waals surface area (Å²) in [6.45, 7) is 1.70. The molecule has 2 atom stereocenters. The lowest BCUT2D eigenvalue weighted by atomic mass is 10.2. The minimum absolute atomic E-state index is 0.208. The molecule has 1 N–H and O–H groups in total. The van der Waals surface area contributed by atoms with Crippen molar-refractivity contribution in [2.24, 2.45) is 0 Å². The number of sulfonamides is 1. The molecule has 1 aromatic rings. The SMILES string of the molecule is CC(CS(C)=O)NS(=O)(=O)c1ccc(CCCl)cc1. The molecule has 0 heterocycles. The first-order chi connectivity index (χ1) is 8.85. The zero-order valence-electron chi connectivity index (χ0n) is 10.9. The van der Waals surface area contributed by atoms with Gasteiger partial charge in [0.25, 0.3) is 0 Å². The average molecular weight is 324 g/mol. The number of nitrogens with one attached hydrogen (secondary N) is 1. The van der Waals surface area contributed by atoms with Crippen molar-refractivity contribution in [1.29, 1.82) is 0 Å². The molecule has 1 rings (SSSR count). The van der Waals surface area contributed by atoms with Crippen LogP contribution in [-0.4, -0.2) is 36.6 Å². The molecule has 108 valence electrons. The second kappa shape index (κ2) is 7.38. The number of benzene rings is 1. The Morgan fingerprint density at radius 3 is 2.37 bits per heavy atom. The van der Waals surface area contributed by atoms with Gasteiger partial charge in [-0.3, -0.25) is 4.21 Å². The first-order valence-corrected chi connectivity index (χ1v) is 9.57. The largest absolute Gasteiger partial charge is 0.260 e. The summed E-state index contributed by atoms with van der Waals surface area (Å²) >= 11 is 5.62. The van der Waals surface area contributed by atoms with E-state index in [0.29, 0.717) is 18.1 Å². The van der Waals surface area contributed by atoms with Crippen LogP contribution >= 0.6 is 11.6 Å². The van der Waals surface area contributed by atoms with E-state index in [1.807, 2.05) is 0 Å². The van der Waals surface area contributed by atoms with Crippen LogP contribution in [0.4, 0.5) is 0 Å². The predicted molar refractivity (Wildman–Crippen MR) is 79.6 cm³/mol. The van der Waals surface area contributed by atoms with Gasteiger partial charge in [-0.25, -0.2) is 13.1 Å². The maximum absolute atomic E-state index is 12.1. The van der Waals surface area contributed by atoms with Crippen molar-refractivity contribution in [2.45, 2.75) is 24.3 Å². The molecule has 0 aliphatic rings. The van der Waals surface area contributed by atoms with Gasteiger partial charge >= 0.3 is 0 Å². The van der Waals surface area contributed by atoms with Crippen molar-refractivity contribution < 1.29 is 12.6 Å². The van der Waals surface area contributed by atoms with Crippen molar-refractivity contribution >= 4 is 32.4 Å². The number of hydrogen-bond donors (Lipinski definition) is 1. The monoisotopic (exact) mass is 323 g/mol. The second-order valence-corrected chi connectivity index (χ2v) is 7.92. The highest BCUT2D eigenvalue weighted by molar-refractivity contribution is 7.89. The molecule has 0 spiro atoms. The van der Waals surface area contributed by atoms with Crippen LogP contribution in [0.15, 0.2) is 29.2 Å². The Morgan fingerprint density at radius 1 is 1.32 bits per heavy atom. The Bertz CT molecular complexity index is 528. The molecular weight excluding hydrogens is 306 g/mol. The van der Waals surface area contributed by atoms with E-state index < -0.39 is 20.8 Å². The third-order valence-corrected chi connectivity index (χ3v) is 5.22. The lowest BCUT2D eigenvalue weighted by Gasteiger charge is -2.13. The van der Waals surface area contributed by atoms with Gasteiger partial charge in [-0.05, 0) is 31.0 Å². The van der Waals surface area contributed by atoms with E-state index in [0.717, 1.165) is 5.56 Å². The molecule has 0 aliphatic carbocycles. The molecule has 4 nitrogen and oxygen atoms in total. The highest BCUT2D eigenvalue weighted by Crippen LogP contribution is 2.12. The summed E-state index contributed by atoms with van der Waals surface area (Å²) in [7, 11) is -4.59. The summed E-state index contributed by atoms with van der Waals surface area (Å²) < 4.78 is 37.7. The highest BCUT2D eigenvalue weighted by atomic mass is 35.5. The average Bonchev–Trinajstić information content (AvgIpc) is 2.28. The van der Waals surface area contributed by atoms with Crippen LogP contribution in [0.2, 0.25) is 0 Å². The Morgan fingerprint density at radius 2 is 1.89 bits per heavy atom. The van der Waals surface area contributed by atoms with E-state index >= 15 is 0 Å². The third-order valence-electron chi connectivity index (χ3n) is 2.46. The molecule has 2 unspecified atom stereocenters. The van der Waals surface area contributed by atoms with Gasteiger partial charge in [-0.2, -0.15) is 0 Å². The van der Waals surface area contributed by atoms with Gasteiger partial charge in [0.05, 0.1) is 4.90 Å². The summed E-state index contributed by atoms with van der Waals surface area (Å²) in [5.41, 5.74) is 0.997. The number of halogens is 1. The van der Waals surface area contributed by atoms with Crippen LogP contribution in [0.5, 0.6) is 0 Å². The highest BCUT2D eigenvalue weighted by Gasteiger charge is 2.17. The first kappa shape index (κ1) is 16.6. The minimum atomic E-state index is -3.55. The van der Waals surface area contributed by atoms with E-state index in [1.165, 1.54) is 0 Å². The van der Waals surface area contributed by atoms with Gasteiger partial charge in [0, 0.05) is 34.7 Å². The van der Waals surface area contributed by atoms with E-state index in [2.05, 4.69) is 4.72 Å². The van der Waals surface area contributed by atoms with Gasteiger partial charge in [-0.15, -0.1) is 11.6 Å². The lowest BCUT2D eigenvalue weighted by molar-refractivity contribution is 0.570. The quantitative estimate of drug-likeness (QED) is 0.774. The zero-order valence-corrected chi connectivity index (χ0v) is 13.3. The van der Waals surface area contributed by atoms with E-state index in [4.69, 9.17) is 11.6 Å². The predicted octanol–water partition coefficient (Wildman–Crippen LogP) is 1.51. The molecule has 0 fully saturated rings. The fraction of sp³-hybridized carbons (Fsp3) is 0.500. The molecule has 0 saturated carbocycles. The van der Waals surface area contributed by atoms with Crippen molar-refractivity contribution in [2.75, 3.05) is 17.9 Å². The zero-order chi connectivity index (χ0) is 14.5. The normalized spacial score (nSPS) is 15.1. The van der Waals surface area contributed by atoms with Gasteiger partial charge in [0.1, 0.15) is 0 Å². The summed E-state index contributed by atoms with van der Waals surface area (Å²) in [5.74, 6) is 0.799. The fourth-order valence-electron chi connectivity index (χ4n) is 1.66. The molecule has 7 heteroatoms. The first-order valence-electron chi connectivity index (χ1n) is 5.82. The summed E-state index contributed by atoms with van der Waals surface area (Å²) in [4.78, 5) is 0.208. The Balaban J connectivity index is 2.79. The summed E-state index contributed by atoms with van der Waals surface area (Å²) in [6.07, 6.45) is 2.26. The van der Waals surface area contributed by atoms with Crippen LogP contribution in [0.3, 0.4) is 0 Å². The van der Waals surface area contributed by atoms with Crippen molar-refractivity contribution in [1.82, 2.24) is 4.72 Å². The van der Waals surface area contributed by atoms with E-state index in [1.54, 1.807) is 37.4 Å². The van der Waals surface area contributed by atoms with E-state index in [-0.39, 0.29) is 10.9 Å². The maximum Gasteiger partial charge on any atom is 0.240 e. The summed E-state index contributed by atoms with van der Waals surface area (Å²) in [5, 5.41) is 0. The van der Waals surface area contributed by atoms with Gasteiger partial charge in [0.15, 0.2) is 0 Å². The molecular formula is C12H18ClNO3S2. The Labute approximate surface area is 122 Å². The summed E-state index contributed by atoms with van der Waals surface area (Å²) in [6, 6.07) is 6.25. The van der Waals surface area contributed by atoms with E-state index in [9.17, 15) is 12.6 Å². The van der Waals surface area contributed by atoms with Gasteiger partial charge in [-0.1, -0.05) is 12.1 Å². The maximum atomic E-state index is 12.1. The number of rotatable bonds is 7. The number of aryl methyl sites for hydroxylation is 1. The lowest BCUT2D eigenvalue weighted by Crippen LogP contribution is -2.36. The van der Waals surface area contributed by atoms with Gasteiger partial charge in [0.2, 0.25) is 10.0 Å². The molecule has 0 amide bonds. The van der Waals surface area contributed by atoms with Crippen LogP contribution in [0, 0.1) is 0 Å². The Kier molecular flexibility index (Phi) is 6.46.